The summed E-state index contributed by atoms with van der Waals surface area (Å²) < 4.78 is 0. The standard InChI is InChI=1S/C15H24/c1-9-6-8-12-14(15(12,3)4)13-10(2)5-7-11(9)13/h6,10-14H,5,7-8H2,1-4H3/t10-,11?,12-,13?,14-/m0/s1. The van der Waals surface area contributed by atoms with Gasteiger partial charge >= 0.3 is 0 Å². The molecule has 3 aliphatic rings. The molecule has 5 atom stereocenters. The molecule has 0 heterocycles. The molecular formula is C15H24. The lowest BCUT2D eigenvalue weighted by molar-refractivity contribution is 0.279. The van der Waals surface area contributed by atoms with Crippen LogP contribution in [0.15, 0.2) is 11.6 Å². The lowest BCUT2D eigenvalue weighted by Gasteiger charge is -2.25. The van der Waals surface area contributed by atoms with Gasteiger partial charge in [0.15, 0.2) is 0 Å². The predicted octanol–water partition coefficient (Wildman–Crippen LogP) is 4.27. The molecule has 84 valence electrons. The van der Waals surface area contributed by atoms with Crippen molar-refractivity contribution in [3.8, 4) is 0 Å². The predicted molar refractivity (Wildman–Crippen MR) is 64.5 cm³/mol. The zero-order valence-electron chi connectivity index (χ0n) is 10.6. The molecule has 0 radical (unpaired) electrons. The van der Waals surface area contributed by atoms with Crippen molar-refractivity contribution >= 4 is 0 Å². The summed E-state index contributed by atoms with van der Waals surface area (Å²) in [5.41, 5.74) is 2.37. The maximum absolute atomic E-state index is 2.56. The number of fused-ring (bicyclic) bond motifs is 3. The molecular weight excluding hydrogens is 180 g/mol. The van der Waals surface area contributed by atoms with E-state index in [2.05, 4.69) is 33.8 Å². The molecule has 0 aromatic rings. The second-order valence-corrected chi connectivity index (χ2v) is 6.88. The lowest BCUT2D eigenvalue weighted by atomic mass is 9.80. The molecule has 2 unspecified atom stereocenters. The first-order chi connectivity index (χ1) is 7.03. The Labute approximate surface area is 94.1 Å². The van der Waals surface area contributed by atoms with Crippen molar-refractivity contribution in [3.63, 3.8) is 0 Å². The van der Waals surface area contributed by atoms with Crippen LogP contribution in [0.5, 0.6) is 0 Å². The number of hydrogen-bond acceptors (Lipinski definition) is 0. The SMILES string of the molecule is CC1=CC[C@H]2[C@@H](C3C1CC[C@@H]3C)C2(C)C. The molecule has 2 fully saturated rings. The first-order valence-electron chi connectivity index (χ1n) is 6.70. The minimum absolute atomic E-state index is 0.652. The second-order valence-electron chi connectivity index (χ2n) is 6.88. The first kappa shape index (κ1) is 9.93. The van der Waals surface area contributed by atoms with Crippen molar-refractivity contribution < 1.29 is 0 Å². The Morgan fingerprint density at radius 1 is 1.27 bits per heavy atom. The summed E-state index contributed by atoms with van der Waals surface area (Å²) in [5.74, 6) is 4.97. The fourth-order valence-corrected chi connectivity index (χ4v) is 4.82. The molecule has 3 rings (SSSR count). The van der Waals surface area contributed by atoms with Crippen molar-refractivity contribution in [2.45, 2.75) is 47.0 Å². The highest BCUT2D eigenvalue weighted by Crippen LogP contribution is 2.69. The largest absolute Gasteiger partial charge is 0.0850 e. The molecule has 3 aliphatic carbocycles. The molecule has 0 saturated heterocycles. The number of hydrogen-bond donors (Lipinski definition) is 0. The number of rotatable bonds is 0. The molecule has 0 nitrogen and oxygen atoms in total. The van der Waals surface area contributed by atoms with Crippen LogP contribution in [0.25, 0.3) is 0 Å². The van der Waals surface area contributed by atoms with Gasteiger partial charge in [0, 0.05) is 0 Å². The molecule has 2 saturated carbocycles. The molecule has 0 heteroatoms. The third-order valence-electron chi connectivity index (χ3n) is 5.89. The van der Waals surface area contributed by atoms with Crippen LogP contribution in [0.1, 0.15) is 47.0 Å². The second kappa shape index (κ2) is 2.90. The Morgan fingerprint density at radius 3 is 2.73 bits per heavy atom. The van der Waals surface area contributed by atoms with E-state index in [1.165, 1.54) is 19.3 Å². The molecule has 0 aromatic heterocycles. The molecule has 0 aromatic carbocycles. The smallest absolute Gasteiger partial charge is 0.0172 e. The maximum Gasteiger partial charge on any atom is -0.0172 e. The molecule has 0 amide bonds. The molecule has 0 spiro atoms. The zero-order valence-corrected chi connectivity index (χ0v) is 10.6. The van der Waals surface area contributed by atoms with E-state index in [0.717, 1.165) is 29.6 Å². The third-order valence-corrected chi connectivity index (χ3v) is 5.89. The summed E-state index contributed by atoms with van der Waals surface area (Å²) in [4.78, 5) is 0. The van der Waals surface area contributed by atoms with E-state index in [1.807, 2.05) is 0 Å². The van der Waals surface area contributed by atoms with E-state index >= 15 is 0 Å². The monoisotopic (exact) mass is 204 g/mol. The average molecular weight is 204 g/mol. The Kier molecular flexibility index (Phi) is 1.92. The van der Waals surface area contributed by atoms with Gasteiger partial charge in [0.2, 0.25) is 0 Å². The Bertz CT molecular complexity index is 310. The molecule has 15 heavy (non-hydrogen) atoms. The fourth-order valence-electron chi connectivity index (χ4n) is 4.82. The maximum atomic E-state index is 2.56. The summed E-state index contributed by atoms with van der Waals surface area (Å²) in [7, 11) is 0. The minimum atomic E-state index is 0.652. The summed E-state index contributed by atoms with van der Waals surface area (Å²) >= 11 is 0. The normalized spacial score (nSPS) is 51.5. The van der Waals surface area contributed by atoms with Gasteiger partial charge in [0.05, 0.1) is 0 Å². The van der Waals surface area contributed by atoms with Crippen molar-refractivity contribution in [1.29, 1.82) is 0 Å². The highest BCUT2D eigenvalue weighted by Gasteiger charge is 2.63. The van der Waals surface area contributed by atoms with Crippen LogP contribution >= 0.6 is 0 Å². The van der Waals surface area contributed by atoms with Gasteiger partial charge in [-0.25, -0.2) is 0 Å². The van der Waals surface area contributed by atoms with Crippen molar-refractivity contribution in [2.75, 3.05) is 0 Å². The number of allylic oxidation sites excluding steroid dienone is 2. The van der Waals surface area contributed by atoms with Gasteiger partial charge in [0.1, 0.15) is 0 Å². The summed E-state index contributed by atoms with van der Waals surface area (Å²) in [6.45, 7) is 9.88. The van der Waals surface area contributed by atoms with Gasteiger partial charge in [0.25, 0.3) is 0 Å². The van der Waals surface area contributed by atoms with Crippen LogP contribution in [0, 0.1) is 35.0 Å². The van der Waals surface area contributed by atoms with Crippen LogP contribution in [0.3, 0.4) is 0 Å². The summed E-state index contributed by atoms with van der Waals surface area (Å²) in [6, 6.07) is 0. The van der Waals surface area contributed by atoms with E-state index in [1.54, 1.807) is 5.57 Å². The van der Waals surface area contributed by atoms with Gasteiger partial charge in [-0.1, -0.05) is 32.4 Å². The highest BCUT2D eigenvalue weighted by atomic mass is 14.7. The Morgan fingerprint density at radius 2 is 2.00 bits per heavy atom. The van der Waals surface area contributed by atoms with Gasteiger partial charge in [-0.2, -0.15) is 0 Å². The van der Waals surface area contributed by atoms with Crippen LogP contribution in [0.4, 0.5) is 0 Å². The van der Waals surface area contributed by atoms with E-state index in [4.69, 9.17) is 0 Å². The molecule has 0 N–H and O–H groups in total. The van der Waals surface area contributed by atoms with Crippen molar-refractivity contribution in [1.82, 2.24) is 0 Å². The van der Waals surface area contributed by atoms with Crippen molar-refractivity contribution in [3.05, 3.63) is 11.6 Å². The topological polar surface area (TPSA) is 0 Å². The Hall–Kier alpha value is -0.260. The van der Waals surface area contributed by atoms with Crippen LogP contribution in [0.2, 0.25) is 0 Å². The summed E-state index contributed by atoms with van der Waals surface area (Å²) in [6.07, 6.45) is 6.87. The van der Waals surface area contributed by atoms with Crippen LogP contribution < -0.4 is 0 Å². The van der Waals surface area contributed by atoms with E-state index in [9.17, 15) is 0 Å². The third kappa shape index (κ3) is 1.20. The van der Waals surface area contributed by atoms with Gasteiger partial charge in [-0.05, 0) is 61.2 Å². The van der Waals surface area contributed by atoms with E-state index < -0.39 is 0 Å². The van der Waals surface area contributed by atoms with Gasteiger partial charge in [-0.3, -0.25) is 0 Å². The highest BCUT2D eigenvalue weighted by molar-refractivity contribution is 5.22. The molecule has 0 bridgehead atoms. The van der Waals surface area contributed by atoms with Gasteiger partial charge in [-0.15, -0.1) is 0 Å². The first-order valence-corrected chi connectivity index (χ1v) is 6.70. The average Bonchev–Trinajstić information content (AvgIpc) is 2.55. The summed E-state index contributed by atoms with van der Waals surface area (Å²) in [5, 5.41) is 0. The fraction of sp³-hybridized carbons (Fsp3) is 0.867. The van der Waals surface area contributed by atoms with Gasteiger partial charge < -0.3 is 0 Å². The Balaban J connectivity index is 1.96. The van der Waals surface area contributed by atoms with Crippen molar-refractivity contribution in [2.24, 2.45) is 35.0 Å². The van der Waals surface area contributed by atoms with E-state index in [0.29, 0.717) is 5.41 Å². The minimum Gasteiger partial charge on any atom is -0.0850 e. The van der Waals surface area contributed by atoms with Crippen LogP contribution in [-0.2, 0) is 0 Å². The lowest BCUT2D eigenvalue weighted by Crippen LogP contribution is -2.18. The quantitative estimate of drug-likeness (QED) is 0.517. The molecule has 0 aliphatic heterocycles. The van der Waals surface area contributed by atoms with E-state index in [-0.39, 0.29) is 0 Å². The zero-order chi connectivity index (χ0) is 10.8. The van der Waals surface area contributed by atoms with Crippen LogP contribution in [-0.4, -0.2) is 0 Å².